The van der Waals surface area contributed by atoms with E-state index in [1.807, 2.05) is 60.7 Å². The lowest BCUT2D eigenvalue weighted by Crippen LogP contribution is -2.22. The molecule has 1 amide bonds. The molecule has 0 aromatic heterocycles. The summed E-state index contributed by atoms with van der Waals surface area (Å²) in [6, 6.07) is 25.7. The highest BCUT2D eigenvalue weighted by Gasteiger charge is 2.14. The van der Waals surface area contributed by atoms with Gasteiger partial charge in [0.1, 0.15) is 12.4 Å². The van der Waals surface area contributed by atoms with Gasteiger partial charge in [0, 0.05) is 16.8 Å². The second kappa shape index (κ2) is 10.1. The Morgan fingerprint density at radius 3 is 2.52 bits per heavy atom. The van der Waals surface area contributed by atoms with Gasteiger partial charge in [-0.25, -0.2) is 5.43 Å². The Bertz CT molecular complexity index is 1040. The third-order valence-electron chi connectivity index (χ3n) is 5.64. The van der Waals surface area contributed by atoms with Crippen molar-refractivity contribution in [3.63, 3.8) is 0 Å². The SMILES string of the molecule is C[C@@H]1CCC/C(=N/NC(=O)c2ccc(COc3ccccc3-c3ccccc3)cc2)C1. The zero-order valence-electron chi connectivity index (χ0n) is 17.9. The van der Waals surface area contributed by atoms with Crippen molar-refractivity contribution in [2.45, 2.75) is 39.2 Å². The van der Waals surface area contributed by atoms with Crippen LogP contribution in [0.25, 0.3) is 11.1 Å². The first-order valence-electron chi connectivity index (χ1n) is 10.9. The van der Waals surface area contributed by atoms with Gasteiger partial charge in [-0.15, -0.1) is 0 Å². The molecule has 0 spiro atoms. The van der Waals surface area contributed by atoms with Gasteiger partial charge in [0.05, 0.1) is 0 Å². The molecule has 1 aliphatic carbocycles. The summed E-state index contributed by atoms with van der Waals surface area (Å²) < 4.78 is 6.09. The van der Waals surface area contributed by atoms with E-state index in [-0.39, 0.29) is 5.91 Å². The van der Waals surface area contributed by atoms with Crippen molar-refractivity contribution < 1.29 is 9.53 Å². The largest absolute Gasteiger partial charge is 0.488 e. The first-order chi connectivity index (χ1) is 15.2. The lowest BCUT2D eigenvalue weighted by molar-refractivity contribution is 0.0954. The predicted molar refractivity (Wildman–Crippen MR) is 125 cm³/mol. The summed E-state index contributed by atoms with van der Waals surface area (Å²) in [5.74, 6) is 1.32. The number of amides is 1. The zero-order valence-corrected chi connectivity index (χ0v) is 17.9. The molecule has 31 heavy (non-hydrogen) atoms. The minimum absolute atomic E-state index is 0.174. The molecule has 0 unspecified atom stereocenters. The number of ether oxygens (including phenoxy) is 1. The smallest absolute Gasteiger partial charge is 0.271 e. The fourth-order valence-corrected chi connectivity index (χ4v) is 3.92. The molecule has 1 fully saturated rings. The molecule has 1 atom stereocenters. The molecule has 1 N–H and O–H groups in total. The highest BCUT2D eigenvalue weighted by atomic mass is 16.5. The van der Waals surface area contributed by atoms with Crippen LogP contribution in [0.3, 0.4) is 0 Å². The Morgan fingerprint density at radius 2 is 1.74 bits per heavy atom. The lowest BCUT2D eigenvalue weighted by atomic mass is 9.89. The molecule has 0 bridgehead atoms. The third-order valence-corrected chi connectivity index (χ3v) is 5.64. The van der Waals surface area contributed by atoms with Gasteiger partial charge >= 0.3 is 0 Å². The average Bonchev–Trinajstić information content (AvgIpc) is 2.82. The van der Waals surface area contributed by atoms with E-state index in [2.05, 4.69) is 35.7 Å². The lowest BCUT2D eigenvalue weighted by Gasteiger charge is -2.18. The van der Waals surface area contributed by atoms with Crippen LogP contribution < -0.4 is 10.2 Å². The topological polar surface area (TPSA) is 50.7 Å². The maximum absolute atomic E-state index is 12.4. The molecule has 4 rings (SSSR count). The highest BCUT2D eigenvalue weighted by Crippen LogP contribution is 2.30. The van der Waals surface area contributed by atoms with Gasteiger partial charge in [0.25, 0.3) is 5.91 Å². The van der Waals surface area contributed by atoms with E-state index in [0.29, 0.717) is 18.1 Å². The Morgan fingerprint density at radius 1 is 1.00 bits per heavy atom. The number of hydrogen-bond acceptors (Lipinski definition) is 3. The molecular formula is C27H28N2O2. The van der Waals surface area contributed by atoms with Crippen molar-refractivity contribution in [2.75, 3.05) is 0 Å². The van der Waals surface area contributed by atoms with E-state index >= 15 is 0 Å². The number of nitrogens with one attached hydrogen (secondary N) is 1. The van der Waals surface area contributed by atoms with Crippen molar-refractivity contribution in [1.29, 1.82) is 0 Å². The summed E-state index contributed by atoms with van der Waals surface area (Å²) in [7, 11) is 0. The summed E-state index contributed by atoms with van der Waals surface area (Å²) in [6.45, 7) is 2.67. The molecule has 0 radical (unpaired) electrons. The van der Waals surface area contributed by atoms with Crippen LogP contribution in [0.1, 0.15) is 48.5 Å². The number of para-hydroxylation sites is 1. The van der Waals surface area contributed by atoms with Gasteiger partial charge in [-0.05, 0) is 60.9 Å². The minimum atomic E-state index is -0.174. The van der Waals surface area contributed by atoms with Crippen LogP contribution in [0.5, 0.6) is 5.75 Å². The van der Waals surface area contributed by atoms with Gasteiger partial charge < -0.3 is 4.74 Å². The molecule has 0 saturated heterocycles. The molecule has 1 saturated carbocycles. The van der Waals surface area contributed by atoms with E-state index in [4.69, 9.17) is 4.74 Å². The van der Waals surface area contributed by atoms with E-state index in [0.717, 1.165) is 47.4 Å². The summed E-state index contributed by atoms with van der Waals surface area (Å²) in [5.41, 5.74) is 7.60. The Balaban J connectivity index is 1.36. The van der Waals surface area contributed by atoms with Crippen molar-refractivity contribution in [3.8, 4) is 16.9 Å². The number of hydrazone groups is 1. The van der Waals surface area contributed by atoms with Crippen LogP contribution in [0.15, 0.2) is 84.0 Å². The quantitative estimate of drug-likeness (QED) is 0.488. The number of rotatable bonds is 6. The van der Waals surface area contributed by atoms with Crippen LogP contribution in [0.4, 0.5) is 0 Å². The van der Waals surface area contributed by atoms with Crippen LogP contribution in [-0.2, 0) is 6.61 Å². The molecule has 1 aliphatic rings. The second-order valence-corrected chi connectivity index (χ2v) is 8.17. The average molecular weight is 413 g/mol. The number of benzene rings is 3. The molecule has 0 heterocycles. The summed E-state index contributed by atoms with van der Waals surface area (Å²) in [6.07, 6.45) is 4.34. The van der Waals surface area contributed by atoms with Gasteiger partial charge in [-0.2, -0.15) is 5.10 Å². The predicted octanol–water partition coefficient (Wildman–Crippen LogP) is 6.23. The maximum Gasteiger partial charge on any atom is 0.271 e. The molecule has 0 aliphatic heterocycles. The highest BCUT2D eigenvalue weighted by molar-refractivity contribution is 5.95. The van der Waals surface area contributed by atoms with Gasteiger partial charge in [-0.3, -0.25) is 4.79 Å². The van der Waals surface area contributed by atoms with Crippen LogP contribution in [0.2, 0.25) is 0 Å². The minimum Gasteiger partial charge on any atom is -0.488 e. The van der Waals surface area contributed by atoms with E-state index < -0.39 is 0 Å². The summed E-state index contributed by atoms with van der Waals surface area (Å²) in [4.78, 5) is 12.4. The molecule has 4 nitrogen and oxygen atoms in total. The standard InChI is InChI=1S/C27H28N2O2/c1-20-8-7-11-24(18-20)28-29-27(30)23-16-14-21(15-17-23)19-31-26-13-6-5-12-25(26)22-9-3-2-4-10-22/h2-6,9-10,12-17,20H,7-8,11,18-19H2,1H3,(H,29,30)/b28-24-/t20-/m1/s1. The normalized spacial score (nSPS) is 17.3. The van der Waals surface area contributed by atoms with Crippen LogP contribution in [-0.4, -0.2) is 11.6 Å². The van der Waals surface area contributed by atoms with Gasteiger partial charge in [-0.1, -0.05) is 67.6 Å². The third kappa shape index (κ3) is 5.60. The van der Waals surface area contributed by atoms with Crippen LogP contribution >= 0.6 is 0 Å². The maximum atomic E-state index is 12.4. The van der Waals surface area contributed by atoms with Crippen molar-refractivity contribution in [1.82, 2.24) is 5.43 Å². The zero-order chi connectivity index (χ0) is 21.5. The van der Waals surface area contributed by atoms with Gasteiger partial charge in [0.2, 0.25) is 0 Å². The molecule has 4 heteroatoms. The Hall–Kier alpha value is -3.40. The van der Waals surface area contributed by atoms with Crippen molar-refractivity contribution in [2.24, 2.45) is 11.0 Å². The van der Waals surface area contributed by atoms with E-state index in [9.17, 15) is 4.79 Å². The van der Waals surface area contributed by atoms with E-state index in [1.54, 1.807) is 0 Å². The van der Waals surface area contributed by atoms with Gasteiger partial charge in [0.15, 0.2) is 0 Å². The number of hydrogen-bond donors (Lipinski definition) is 1. The summed E-state index contributed by atoms with van der Waals surface area (Å²) >= 11 is 0. The van der Waals surface area contributed by atoms with Crippen molar-refractivity contribution >= 4 is 11.6 Å². The number of carbonyl (C=O) groups excluding carboxylic acids is 1. The molecular weight excluding hydrogens is 384 g/mol. The summed E-state index contributed by atoms with van der Waals surface area (Å²) in [5, 5.41) is 4.34. The Kier molecular flexibility index (Phi) is 6.78. The van der Waals surface area contributed by atoms with E-state index in [1.165, 1.54) is 6.42 Å². The Labute approximate surface area is 184 Å². The number of carbonyl (C=O) groups is 1. The molecule has 158 valence electrons. The number of nitrogens with zero attached hydrogens (tertiary/aromatic N) is 1. The first kappa shape index (κ1) is 20.9. The monoisotopic (exact) mass is 412 g/mol. The fourth-order valence-electron chi connectivity index (χ4n) is 3.92. The molecule has 3 aromatic rings. The first-order valence-corrected chi connectivity index (χ1v) is 10.9. The van der Waals surface area contributed by atoms with Crippen molar-refractivity contribution in [3.05, 3.63) is 90.0 Å². The molecule has 3 aromatic carbocycles. The fraction of sp³-hybridized carbons (Fsp3) is 0.259. The second-order valence-electron chi connectivity index (χ2n) is 8.17. The van der Waals surface area contributed by atoms with Crippen LogP contribution in [0, 0.1) is 5.92 Å².